The molecule has 0 saturated carbocycles. The largest absolute Gasteiger partial charge is 0.543 e. The number of aryl methyl sites for hydroxylation is 1. The molecule has 124 valence electrons. The van der Waals surface area contributed by atoms with Gasteiger partial charge in [-0.15, -0.1) is 0 Å². The summed E-state index contributed by atoms with van der Waals surface area (Å²) in [6, 6.07) is 13.7. The normalized spacial score (nSPS) is 11.0. The van der Waals surface area contributed by atoms with E-state index in [1.165, 1.54) is 6.08 Å². The van der Waals surface area contributed by atoms with E-state index in [-0.39, 0.29) is 5.70 Å². The molecule has 1 N–H and O–H groups in total. The van der Waals surface area contributed by atoms with Gasteiger partial charge in [-0.2, -0.15) is 0 Å². The predicted octanol–water partition coefficient (Wildman–Crippen LogP) is 1.91. The molecular weight excluding hydrogens is 306 g/mol. The number of aliphatic carboxylic acids is 1. The molecule has 0 fully saturated rings. The fraction of sp³-hybridized carbons (Fsp3) is 0.158. The lowest BCUT2D eigenvalue weighted by Gasteiger charge is -2.11. The summed E-state index contributed by atoms with van der Waals surface area (Å²) < 4.78 is 5.33. The molecule has 2 aromatic rings. The van der Waals surface area contributed by atoms with E-state index >= 15 is 0 Å². The lowest BCUT2D eigenvalue weighted by molar-refractivity contribution is -0.299. The van der Waals surface area contributed by atoms with Crippen LogP contribution in [0.1, 0.15) is 28.4 Å². The fourth-order valence-electron chi connectivity index (χ4n) is 2.04. The quantitative estimate of drug-likeness (QED) is 0.823. The Kier molecular flexibility index (Phi) is 5.73. The van der Waals surface area contributed by atoms with Gasteiger partial charge in [0.05, 0.1) is 18.3 Å². The first kappa shape index (κ1) is 17.3. The van der Waals surface area contributed by atoms with Gasteiger partial charge in [0.1, 0.15) is 5.75 Å². The molecule has 0 aromatic heterocycles. The van der Waals surface area contributed by atoms with Crippen LogP contribution in [0.15, 0.2) is 54.2 Å². The minimum absolute atomic E-state index is 0.301. The van der Waals surface area contributed by atoms with Crippen LogP contribution >= 0.6 is 0 Å². The highest BCUT2D eigenvalue weighted by Crippen LogP contribution is 2.14. The van der Waals surface area contributed by atoms with Crippen LogP contribution in [-0.2, 0) is 4.79 Å². The number of benzene rings is 2. The molecule has 0 heterocycles. The van der Waals surface area contributed by atoms with E-state index in [2.05, 4.69) is 5.32 Å². The van der Waals surface area contributed by atoms with Crippen LogP contribution in [0.2, 0.25) is 0 Å². The van der Waals surface area contributed by atoms with Crippen molar-refractivity contribution in [1.29, 1.82) is 0 Å². The minimum Gasteiger partial charge on any atom is -0.543 e. The fourth-order valence-corrected chi connectivity index (χ4v) is 2.04. The second-order valence-corrected chi connectivity index (χ2v) is 5.17. The van der Waals surface area contributed by atoms with Crippen LogP contribution in [0.25, 0.3) is 6.08 Å². The topological polar surface area (TPSA) is 78.5 Å². The van der Waals surface area contributed by atoms with E-state index < -0.39 is 11.9 Å². The van der Waals surface area contributed by atoms with Crippen molar-refractivity contribution in [3.05, 3.63) is 70.9 Å². The van der Waals surface area contributed by atoms with Gasteiger partial charge in [0, 0.05) is 5.56 Å². The van der Waals surface area contributed by atoms with Crippen molar-refractivity contribution in [2.75, 3.05) is 6.61 Å². The Balaban J connectivity index is 2.17. The molecule has 5 nitrogen and oxygen atoms in total. The van der Waals surface area contributed by atoms with Gasteiger partial charge in [-0.05, 0) is 49.8 Å². The number of amides is 1. The van der Waals surface area contributed by atoms with E-state index in [4.69, 9.17) is 4.74 Å². The first-order valence-corrected chi connectivity index (χ1v) is 7.53. The summed E-state index contributed by atoms with van der Waals surface area (Å²) in [5.41, 5.74) is 1.70. The van der Waals surface area contributed by atoms with Gasteiger partial charge in [-0.1, -0.05) is 29.8 Å². The Morgan fingerprint density at radius 3 is 2.25 bits per heavy atom. The van der Waals surface area contributed by atoms with Gasteiger partial charge in [0.2, 0.25) is 0 Å². The van der Waals surface area contributed by atoms with Gasteiger partial charge in [0.15, 0.2) is 0 Å². The molecule has 2 aromatic carbocycles. The monoisotopic (exact) mass is 324 g/mol. The van der Waals surface area contributed by atoms with Crippen molar-refractivity contribution in [3.8, 4) is 5.75 Å². The number of hydrogen-bond acceptors (Lipinski definition) is 4. The van der Waals surface area contributed by atoms with Crippen molar-refractivity contribution in [2.24, 2.45) is 0 Å². The van der Waals surface area contributed by atoms with E-state index in [0.29, 0.717) is 23.5 Å². The SMILES string of the molecule is CCOc1ccc(/C=C(/NC(=O)c2ccc(C)cc2)C(=O)[O-])cc1. The van der Waals surface area contributed by atoms with Crippen molar-refractivity contribution in [3.63, 3.8) is 0 Å². The van der Waals surface area contributed by atoms with Crippen LogP contribution in [0.3, 0.4) is 0 Å². The molecule has 0 bridgehead atoms. The molecule has 0 atom stereocenters. The summed E-state index contributed by atoms with van der Waals surface area (Å²) in [4.78, 5) is 23.4. The number of carboxylic acids is 1. The van der Waals surface area contributed by atoms with Gasteiger partial charge >= 0.3 is 0 Å². The second kappa shape index (κ2) is 7.97. The average molecular weight is 324 g/mol. The molecule has 0 aliphatic heterocycles. The highest BCUT2D eigenvalue weighted by molar-refractivity contribution is 6.02. The zero-order valence-electron chi connectivity index (χ0n) is 13.5. The lowest BCUT2D eigenvalue weighted by atomic mass is 10.1. The third-order valence-corrected chi connectivity index (χ3v) is 3.28. The van der Waals surface area contributed by atoms with Crippen LogP contribution in [0.5, 0.6) is 5.75 Å². The lowest BCUT2D eigenvalue weighted by Crippen LogP contribution is -2.35. The van der Waals surface area contributed by atoms with Crippen LogP contribution < -0.4 is 15.2 Å². The summed E-state index contributed by atoms with van der Waals surface area (Å²) in [7, 11) is 0. The molecular formula is C19H18NO4-. The van der Waals surface area contributed by atoms with Crippen LogP contribution in [0, 0.1) is 6.92 Å². The number of hydrogen-bond donors (Lipinski definition) is 1. The van der Waals surface area contributed by atoms with E-state index in [0.717, 1.165) is 5.56 Å². The van der Waals surface area contributed by atoms with Crippen molar-refractivity contribution < 1.29 is 19.4 Å². The van der Waals surface area contributed by atoms with E-state index in [1.54, 1.807) is 48.5 Å². The Hall–Kier alpha value is -3.08. The number of ether oxygens (including phenoxy) is 1. The highest BCUT2D eigenvalue weighted by Gasteiger charge is 2.08. The molecule has 24 heavy (non-hydrogen) atoms. The molecule has 0 aliphatic carbocycles. The number of carbonyl (C=O) groups is 2. The van der Waals surface area contributed by atoms with Gasteiger partial charge in [-0.25, -0.2) is 0 Å². The predicted molar refractivity (Wildman–Crippen MR) is 89.2 cm³/mol. The summed E-state index contributed by atoms with van der Waals surface area (Å²) in [5, 5.41) is 13.6. The molecule has 1 amide bonds. The van der Waals surface area contributed by atoms with E-state index in [1.807, 2.05) is 13.8 Å². The van der Waals surface area contributed by atoms with Crippen LogP contribution in [-0.4, -0.2) is 18.5 Å². The standard InChI is InChI=1S/C19H19NO4/c1-3-24-16-10-6-14(7-11-16)12-17(19(22)23)20-18(21)15-8-4-13(2)5-9-15/h4-12H,3H2,1-2H3,(H,20,21)(H,22,23)/p-1/b17-12+. The summed E-state index contributed by atoms with van der Waals surface area (Å²) in [5.74, 6) is -1.27. The first-order chi connectivity index (χ1) is 11.5. The zero-order valence-corrected chi connectivity index (χ0v) is 13.5. The summed E-state index contributed by atoms with van der Waals surface area (Å²) in [6.07, 6.45) is 1.34. The summed E-state index contributed by atoms with van der Waals surface area (Å²) >= 11 is 0. The number of carboxylic acid groups (broad SMARTS) is 1. The van der Waals surface area contributed by atoms with Crippen molar-refractivity contribution >= 4 is 18.0 Å². The molecule has 5 heteroatoms. The minimum atomic E-state index is -1.45. The maximum atomic E-state index is 12.1. The molecule has 0 spiro atoms. The molecule has 0 saturated heterocycles. The molecule has 0 aliphatic rings. The van der Waals surface area contributed by atoms with Gasteiger partial charge < -0.3 is 20.0 Å². The molecule has 2 rings (SSSR count). The number of rotatable bonds is 6. The third-order valence-electron chi connectivity index (χ3n) is 3.28. The highest BCUT2D eigenvalue weighted by atomic mass is 16.5. The Morgan fingerprint density at radius 1 is 1.08 bits per heavy atom. The third kappa shape index (κ3) is 4.71. The smallest absolute Gasteiger partial charge is 0.255 e. The van der Waals surface area contributed by atoms with Gasteiger partial charge in [-0.3, -0.25) is 4.79 Å². The Morgan fingerprint density at radius 2 is 1.71 bits per heavy atom. The van der Waals surface area contributed by atoms with Crippen molar-refractivity contribution in [2.45, 2.75) is 13.8 Å². The van der Waals surface area contributed by atoms with Crippen molar-refractivity contribution in [1.82, 2.24) is 5.32 Å². The number of carbonyl (C=O) groups excluding carboxylic acids is 2. The van der Waals surface area contributed by atoms with Crippen LogP contribution in [0.4, 0.5) is 0 Å². The van der Waals surface area contributed by atoms with E-state index in [9.17, 15) is 14.7 Å². The number of nitrogens with one attached hydrogen (secondary N) is 1. The second-order valence-electron chi connectivity index (χ2n) is 5.17. The first-order valence-electron chi connectivity index (χ1n) is 7.53. The Bertz CT molecular complexity index is 746. The maximum Gasteiger partial charge on any atom is 0.255 e. The average Bonchev–Trinajstić information content (AvgIpc) is 2.56. The summed E-state index contributed by atoms with van der Waals surface area (Å²) in [6.45, 7) is 4.33. The Labute approximate surface area is 140 Å². The molecule has 0 unspecified atom stereocenters. The molecule has 0 radical (unpaired) electrons. The zero-order chi connectivity index (χ0) is 17.5. The maximum absolute atomic E-state index is 12.1. The van der Waals surface area contributed by atoms with Gasteiger partial charge in [0.25, 0.3) is 5.91 Å².